The summed E-state index contributed by atoms with van der Waals surface area (Å²) in [5.41, 5.74) is 3.50. The van der Waals surface area contributed by atoms with Crippen LogP contribution in [0.3, 0.4) is 0 Å². The molecule has 0 N–H and O–H groups in total. The summed E-state index contributed by atoms with van der Waals surface area (Å²) in [6, 6.07) is 8.57. The molecule has 0 fully saturated rings. The van der Waals surface area contributed by atoms with Crippen LogP contribution in [-0.4, -0.2) is 13.1 Å². The minimum Gasteiger partial charge on any atom is -0.370 e. The Morgan fingerprint density at radius 3 is 2.71 bits per heavy atom. The molecule has 0 bridgehead atoms. The summed E-state index contributed by atoms with van der Waals surface area (Å²) in [6.07, 6.45) is 0. The van der Waals surface area contributed by atoms with Gasteiger partial charge in [0.1, 0.15) is 0 Å². The number of halogens is 1. The Balaban J connectivity index is 2.99. The van der Waals surface area contributed by atoms with E-state index in [0.717, 1.165) is 24.3 Å². The molecule has 3 heteroatoms. The Morgan fingerprint density at radius 2 is 2.18 bits per heavy atom. The van der Waals surface area contributed by atoms with Crippen molar-refractivity contribution in [3.8, 4) is 6.07 Å². The van der Waals surface area contributed by atoms with E-state index in [1.165, 1.54) is 5.56 Å². The van der Waals surface area contributed by atoms with Gasteiger partial charge >= 0.3 is 0 Å². The van der Waals surface area contributed by atoms with E-state index in [0.29, 0.717) is 5.88 Å². The molecule has 17 heavy (non-hydrogen) atoms. The van der Waals surface area contributed by atoms with Crippen molar-refractivity contribution >= 4 is 17.3 Å². The molecule has 1 rings (SSSR count). The highest BCUT2D eigenvalue weighted by molar-refractivity contribution is 6.17. The number of anilines is 1. The lowest BCUT2D eigenvalue weighted by Crippen LogP contribution is -2.28. The first-order chi connectivity index (χ1) is 8.12. The van der Waals surface area contributed by atoms with E-state index >= 15 is 0 Å². The van der Waals surface area contributed by atoms with Gasteiger partial charge < -0.3 is 4.90 Å². The zero-order valence-corrected chi connectivity index (χ0v) is 11.5. The van der Waals surface area contributed by atoms with Gasteiger partial charge in [0.15, 0.2) is 0 Å². The van der Waals surface area contributed by atoms with Crippen molar-refractivity contribution < 1.29 is 0 Å². The highest BCUT2D eigenvalue weighted by Gasteiger charge is 2.12. The first kappa shape index (κ1) is 13.9. The molecule has 1 aromatic carbocycles. The Morgan fingerprint density at radius 1 is 1.47 bits per heavy atom. The van der Waals surface area contributed by atoms with Gasteiger partial charge in [-0.3, -0.25) is 0 Å². The van der Waals surface area contributed by atoms with Gasteiger partial charge in [-0.15, -0.1) is 11.6 Å². The molecule has 0 spiro atoms. The van der Waals surface area contributed by atoms with Crippen LogP contribution in [0.5, 0.6) is 0 Å². The first-order valence-corrected chi connectivity index (χ1v) is 6.45. The molecule has 0 radical (unpaired) electrons. The first-order valence-electron chi connectivity index (χ1n) is 5.92. The van der Waals surface area contributed by atoms with Crippen molar-refractivity contribution in [1.82, 2.24) is 0 Å². The van der Waals surface area contributed by atoms with Gasteiger partial charge in [-0.2, -0.15) is 5.26 Å². The highest BCUT2D eigenvalue weighted by Crippen LogP contribution is 2.24. The number of aryl methyl sites for hydroxylation is 1. The summed E-state index contributed by atoms with van der Waals surface area (Å²) in [4.78, 5) is 2.21. The van der Waals surface area contributed by atoms with Gasteiger partial charge in [0, 0.05) is 24.7 Å². The van der Waals surface area contributed by atoms with E-state index in [9.17, 15) is 0 Å². The molecule has 0 saturated carbocycles. The second-order valence-electron chi connectivity index (χ2n) is 4.33. The van der Waals surface area contributed by atoms with Crippen molar-refractivity contribution in [3.63, 3.8) is 0 Å². The fraction of sp³-hybridized carbons (Fsp3) is 0.500. The number of rotatable bonds is 5. The summed E-state index contributed by atoms with van der Waals surface area (Å²) in [5.74, 6) is 0.536. The minimum absolute atomic E-state index is 0.0272. The van der Waals surface area contributed by atoms with Crippen LogP contribution in [0.2, 0.25) is 0 Å². The Hall–Kier alpha value is -1.20. The number of nitrogens with zero attached hydrogens (tertiary/aromatic N) is 2. The summed E-state index contributed by atoms with van der Waals surface area (Å²) < 4.78 is 0. The fourth-order valence-corrected chi connectivity index (χ4v) is 2.11. The van der Waals surface area contributed by atoms with Crippen LogP contribution < -0.4 is 4.90 Å². The van der Waals surface area contributed by atoms with Crippen LogP contribution in [0, 0.1) is 24.2 Å². The molecule has 0 aliphatic heterocycles. The summed E-state index contributed by atoms with van der Waals surface area (Å²) >= 11 is 5.98. The topological polar surface area (TPSA) is 27.0 Å². The van der Waals surface area contributed by atoms with E-state index in [2.05, 4.69) is 43.0 Å². The molecule has 2 nitrogen and oxygen atoms in total. The van der Waals surface area contributed by atoms with Crippen molar-refractivity contribution in [2.75, 3.05) is 18.0 Å². The van der Waals surface area contributed by atoms with Crippen LogP contribution in [0.4, 0.5) is 5.69 Å². The maximum Gasteiger partial charge on any atom is 0.0671 e. The van der Waals surface area contributed by atoms with Gasteiger partial charge in [-0.25, -0.2) is 0 Å². The molecule has 0 saturated heterocycles. The maximum absolute atomic E-state index is 8.89. The normalized spacial score (nSPS) is 11.9. The minimum atomic E-state index is 0.0272. The van der Waals surface area contributed by atoms with Gasteiger partial charge in [-0.05, 0) is 32.4 Å². The summed E-state index contributed by atoms with van der Waals surface area (Å²) in [6.45, 7) is 7.74. The molecule has 1 aromatic rings. The Kier molecular flexibility index (Phi) is 5.31. The predicted molar refractivity (Wildman–Crippen MR) is 73.4 cm³/mol. The molecule has 0 aliphatic rings. The lowest BCUT2D eigenvalue weighted by molar-refractivity contribution is 0.684. The average Bonchev–Trinajstić information content (AvgIpc) is 2.35. The van der Waals surface area contributed by atoms with E-state index < -0.39 is 0 Å². The lowest BCUT2D eigenvalue weighted by Gasteiger charge is -2.26. The van der Waals surface area contributed by atoms with Gasteiger partial charge in [0.05, 0.1) is 12.0 Å². The van der Waals surface area contributed by atoms with Gasteiger partial charge in [0.2, 0.25) is 0 Å². The second kappa shape index (κ2) is 6.51. The van der Waals surface area contributed by atoms with Crippen LogP contribution in [0.25, 0.3) is 0 Å². The third-order valence-electron chi connectivity index (χ3n) is 2.82. The van der Waals surface area contributed by atoms with Crippen molar-refractivity contribution in [3.05, 3.63) is 29.3 Å². The molecule has 0 heterocycles. The molecular weight excluding hydrogens is 232 g/mol. The third-order valence-corrected chi connectivity index (χ3v) is 3.10. The molecule has 0 aromatic heterocycles. The summed E-state index contributed by atoms with van der Waals surface area (Å²) in [5, 5.41) is 8.89. The van der Waals surface area contributed by atoms with Crippen LogP contribution in [0.1, 0.15) is 25.0 Å². The fourth-order valence-electron chi connectivity index (χ4n) is 1.90. The maximum atomic E-state index is 8.89. The van der Waals surface area contributed by atoms with Gasteiger partial charge in [-0.1, -0.05) is 17.7 Å². The highest BCUT2D eigenvalue weighted by atomic mass is 35.5. The molecule has 0 amide bonds. The van der Waals surface area contributed by atoms with E-state index in [4.69, 9.17) is 16.9 Å². The number of nitriles is 1. The second-order valence-corrected chi connectivity index (χ2v) is 4.60. The van der Waals surface area contributed by atoms with Crippen molar-refractivity contribution in [2.45, 2.75) is 26.7 Å². The number of alkyl halides is 1. The number of benzene rings is 1. The van der Waals surface area contributed by atoms with Crippen molar-refractivity contribution in [2.24, 2.45) is 5.92 Å². The van der Waals surface area contributed by atoms with Crippen LogP contribution >= 0.6 is 11.6 Å². The van der Waals surface area contributed by atoms with Crippen LogP contribution in [-0.2, 0) is 5.88 Å². The molecular formula is C14H19ClN2. The third kappa shape index (κ3) is 3.64. The predicted octanol–water partition coefficient (Wildman–Crippen LogP) is 3.72. The zero-order valence-electron chi connectivity index (χ0n) is 10.7. The van der Waals surface area contributed by atoms with Gasteiger partial charge in [0.25, 0.3) is 0 Å². The van der Waals surface area contributed by atoms with E-state index in [-0.39, 0.29) is 5.92 Å². The molecule has 0 aliphatic carbocycles. The monoisotopic (exact) mass is 250 g/mol. The average molecular weight is 251 g/mol. The van der Waals surface area contributed by atoms with Crippen molar-refractivity contribution in [1.29, 1.82) is 5.26 Å². The molecule has 1 atom stereocenters. The van der Waals surface area contributed by atoms with E-state index in [1.807, 2.05) is 6.92 Å². The largest absolute Gasteiger partial charge is 0.370 e. The quantitative estimate of drug-likeness (QED) is 0.745. The lowest BCUT2D eigenvalue weighted by atomic mass is 10.1. The summed E-state index contributed by atoms with van der Waals surface area (Å²) in [7, 11) is 0. The standard InChI is InChI=1S/C14H19ClN2/c1-4-17(10-12(3)9-16)14-6-5-11(2)7-13(14)8-15/h5-7,12H,4,8,10H2,1-3H3. The van der Waals surface area contributed by atoms with Crippen LogP contribution in [0.15, 0.2) is 18.2 Å². The number of hydrogen-bond acceptors (Lipinski definition) is 2. The molecule has 1 unspecified atom stereocenters. The van der Waals surface area contributed by atoms with E-state index in [1.54, 1.807) is 0 Å². The SMILES string of the molecule is CCN(CC(C)C#N)c1ccc(C)cc1CCl. The smallest absolute Gasteiger partial charge is 0.0671 e. The number of hydrogen-bond donors (Lipinski definition) is 0. The molecule has 92 valence electrons. The Labute approximate surface area is 109 Å². The Bertz CT molecular complexity index is 409. The zero-order chi connectivity index (χ0) is 12.8.